The molecule has 1 aromatic rings. The van der Waals surface area contributed by atoms with Gasteiger partial charge in [-0.25, -0.2) is 0 Å². The van der Waals surface area contributed by atoms with Gasteiger partial charge in [0.05, 0.1) is 11.1 Å². The molecule has 1 fully saturated rings. The highest BCUT2D eigenvalue weighted by molar-refractivity contribution is 6.32. The maximum absolute atomic E-state index is 6.05. The van der Waals surface area contributed by atoms with Crippen molar-refractivity contribution in [3.8, 4) is 5.75 Å². The minimum absolute atomic E-state index is 0.362. The zero-order chi connectivity index (χ0) is 10.7. The van der Waals surface area contributed by atoms with E-state index in [9.17, 15) is 0 Å². The fraction of sp³-hybridized carbons (Fsp3) is 0.538. The lowest BCUT2D eigenvalue weighted by Crippen LogP contribution is -2.23. The van der Waals surface area contributed by atoms with Crippen LogP contribution >= 0.6 is 11.6 Å². The summed E-state index contributed by atoms with van der Waals surface area (Å²) >= 11 is 6.05. The van der Waals surface area contributed by atoms with E-state index < -0.39 is 0 Å². The molecule has 0 spiro atoms. The molecule has 0 N–H and O–H groups in total. The standard InChI is InChI=1S/C13H17ClO/c1-10-6-8-11(9-7-10)15-13-5-3-2-4-12(13)14/h2-5,10-11H,6-9H2,1H3. The average Bonchev–Trinajstić information content (AvgIpc) is 2.25. The van der Waals surface area contributed by atoms with Gasteiger partial charge in [0.2, 0.25) is 0 Å². The summed E-state index contributed by atoms with van der Waals surface area (Å²) < 4.78 is 5.90. The second kappa shape index (κ2) is 4.89. The Labute approximate surface area is 96.4 Å². The van der Waals surface area contributed by atoms with Crippen molar-refractivity contribution in [3.63, 3.8) is 0 Å². The van der Waals surface area contributed by atoms with Crippen LogP contribution in [-0.4, -0.2) is 6.10 Å². The molecule has 1 aliphatic carbocycles. The first-order chi connectivity index (χ1) is 7.25. The lowest BCUT2D eigenvalue weighted by atomic mass is 9.89. The minimum Gasteiger partial charge on any atom is -0.489 e. The van der Waals surface area contributed by atoms with Crippen molar-refractivity contribution in [1.82, 2.24) is 0 Å². The smallest absolute Gasteiger partial charge is 0.138 e. The Bertz CT molecular complexity index is 316. The summed E-state index contributed by atoms with van der Waals surface area (Å²) in [5.74, 6) is 1.69. The highest BCUT2D eigenvalue weighted by atomic mass is 35.5. The Kier molecular flexibility index (Phi) is 3.53. The van der Waals surface area contributed by atoms with E-state index in [-0.39, 0.29) is 0 Å². The fourth-order valence-electron chi connectivity index (χ4n) is 2.07. The molecule has 82 valence electrons. The molecule has 0 bridgehead atoms. The monoisotopic (exact) mass is 224 g/mol. The molecular formula is C13H17ClO. The molecule has 0 radical (unpaired) electrons. The molecule has 0 atom stereocenters. The van der Waals surface area contributed by atoms with Crippen molar-refractivity contribution in [2.45, 2.75) is 38.7 Å². The van der Waals surface area contributed by atoms with E-state index in [0.29, 0.717) is 6.10 Å². The van der Waals surface area contributed by atoms with Crippen LogP contribution in [0.25, 0.3) is 0 Å². The number of ether oxygens (including phenoxy) is 1. The van der Waals surface area contributed by atoms with Crippen LogP contribution < -0.4 is 4.74 Å². The molecule has 1 aromatic carbocycles. The van der Waals surface area contributed by atoms with Crippen molar-refractivity contribution in [3.05, 3.63) is 29.3 Å². The fourth-order valence-corrected chi connectivity index (χ4v) is 2.25. The summed E-state index contributed by atoms with van der Waals surface area (Å²) in [4.78, 5) is 0. The average molecular weight is 225 g/mol. The summed E-state index contributed by atoms with van der Waals surface area (Å²) in [5, 5.41) is 0.719. The molecule has 0 unspecified atom stereocenters. The Hall–Kier alpha value is -0.690. The predicted octanol–water partition coefficient (Wildman–Crippen LogP) is 4.30. The normalized spacial score (nSPS) is 26.3. The number of benzene rings is 1. The van der Waals surface area contributed by atoms with E-state index in [1.54, 1.807) is 0 Å². The molecule has 15 heavy (non-hydrogen) atoms. The highest BCUT2D eigenvalue weighted by Crippen LogP contribution is 2.30. The summed E-state index contributed by atoms with van der Waals surface area (Å²) in [6, 6.07) is 7.72. The maximum Gasteiger partial charge on any atom is 0.138 e. The van der Waals surface area contributed by atoms with E-state index in [4.69, 9.17) is 16.3 Å². The number of hydrogen-bond donors (Lipinski definition) is 0. The van der Waals surface area contributed by atoms with Gasteiger partial charge in [0.15, 0.2) is 0 Å². The van der Waals surface area contributed by atoms with Gasteiger partial charge in [-0.1, -0.05) is 30.7 Å². The maximum atomic E-state index is 6.05. The van der Waals surface area contributed by atoms with Crippen molar-refractivity contribution in [2.24, 2.45) is 5.92 Å². The van der Waals surface area contributed by atoms with Crippen LogP contribution in [0.5, 0.6) is 5.75 Å². The van der Waals surface area contributed by atoms with Crippen LogP contribution in [0.15, 0.2) is 24.3 Å². The summed E-state index contributed by atoms with van der Waals surface area (Å²) in [7, 11) is 0. The first kappa shape index (κ1) is 10.8. The second-order valence-electron chi connectivity index (χ2n) is 4.43. The van der Waals surface area contributed by atoms with E-state index in [2.05, 4.69) is 6.92 Å². The molecule has 0 aromatic heterocycles. The van der Waals surface area contributed by atoms with Crippen molar-refractivity contribution < 1.29 is 4.74 Å². The van der Waals surface area contributed by atoms with E-state index in [0.717, 1.165) is 29.5 Å². The summed E-state index contributed by atoms with van der Waals surface area (Å²) in [6.07, 6.45) is 5.23. The van der Waals surface area contributed by atoms with E-state index in [1.165, 1.54) is 12.8 Å². The zero-order valence-electron chi connectivity index (χ0n) is 9.08. The van der Waals surface area contributed by atoms with Crippen molar-refractivity contribution in [2.75, 3.05) is 0 Å². The third kappa shape index (κ3) is 2.88. The van der Waals surface area contributed by atoms with Crippen LogP contribution in [-0.2, 0) is 0 Å². The van der Waals surface area contributed by atoms with Gasteiger partial charge >= 0.3 is 0 Å². The quantitative estimate of drug-likeness (QED) is 0.728. The zero-order valence-corrected chi connectivity index (χ0v) is 9.83. The minimum atomic E-state index is 0.362. The molecule has 2 heteroatoms. The number of rotatable bonds is 2. The van der Waals surface area contributed by atoms with Crippen LogP contribution in [0.3, 0.4) is 0 Å². The molecule has 1 aliphatic rings. The van der Waals surface area contributed by atoms with Gasteiger partial charge in [-0.3, -0.25) is 0 Å². The van der Waals surface area contributed by atoms with Crippen LogP contribution in [0, 0.1) is 5.92 Å². The molecule has 0 aliphatic heterocycles. The molecule has 0 heterocycles. The summed E-state index contributed by atoms with van der Waals surface area (Å²) in [5.41, 5.74) is 0. The van der Waals surface area contributed by atoms with E-state index in [1.807, 2.05) is 24.3 Å². The van der Waals surface area contributed by atoms with Crippen LogP contribution in [0.1, 0.15) is 32.6 Å². The van der Waals surface area contributed by atoms with Gasteiger partial charge in [0.25, 0.3) is 0 Å². The Morgan fingerprint density at radius 2 is 1.80 bits per heavy atom. The third-order valence-corrected chi connectivity index (χ3v) is 3.41. The van der Waals surface area contributed by atoms with Gasteiger partial charge in [-0.2, -0.15) is 0 Å². The van der Waals surface area contributed by atoms with Gasteiger partial charge < -0.3 is 4.74 Å². The van der Waals surface area contributed by atoms with E-state index >= 15 is 0 Å². The van der Waals surface area contributed by atoms with Crippen molar-refractivity contribution in [1.29, 1.82) is 0 Å². The first-order valence-corrected chi connectivity index (χ1v) is 6.04. The van der Waals surface area contributed by atoms with Crippen molar-refractivity contribution >= 4 is 11.6 Å². The third-order valence-electron chi connectivity index (χ3n) is 3.09. The molecule has 1 nitrogen and oxygen atoms in total. The highest BCUT2D eigenvalue weighted by Gasteiger charge is 2.19. The number of hydrogen-bond acceptors (Lipinski definition) is 1. The second-order valence-corrected chi connectivity index (χ2v) is 4.84. The number of para-hydroxylation sites is 1. The topological polar surface area (TPSA) is 9.23 Å². The molecule has 0 saturated heterocycles. The molecular weight excluding hydrogens is 208 g/mol. The lowest BCUT2D eigenvalue weighted by molar-refractivity contribution is 0.135. The van der Waals surface area contributed by atoms with Gasteiger partial charge in [-0.05, 0) is 43.7 Å². The molecule has 1 saturated carbocycles. The Morgan fingerprint density at radius 3 is 2.47 bits per heavy atom. The molecule has 2 rings (SSSR count). The summed E-state index contributed by atoms with van der Waals surface area (Å²) in [6.45, 7) is 2.31. The number of halogens is 1. The molecule has 0 amide bonds. The first-order valence-electron chi connectivity index (χ1n) is 5.67. The van der Waals surface area contributed by atoms with Crippen LogP contribution in [0.4, 0.5) is 0 Å². The largest absolute Gasteiger partial charge is 0.489 e. The van der Waals surface area contributed by atoms with Gasteiger partial charge in [0.1, 0.15) is 5.75 Å². The van der Waals surface area contributed by atoms with Gasteiger partial charge in [-0.15, -0.1) is 0 Å². The Morgan fingerprint density at radius 1 is 1.13 bits per heavy atom. The predicted molar refractivity (Wildman–Crippen MR) is 63.5 cm³/mol. The van der Waals surface area contributed by atoms with Crippen LogP contribution in [0.2, 0.25) is 5.02 Å². The Balaban J connectivity index is 1.95. The van der Waals surface area contributed by atoms with Gasteiger partial charge in [0, 0.05) is 0 Å². The lowest BCUT2D eigenvalue weighted by Gasteiger charge is -2.27. The SMILES string of the molecule is CC1CCC(Oc2ccccc2Cl)CC1.